The second-order valence-electron chi connectivity index (χ2n) is 5.69. The molecule has 3 rings (SSSR count). The summed E-state index contributed by atoms with van der Waals surface area (Å²) in [4.78, 5) is 12.3. The molecule has 122 valence electrons. The quantitative estimate of drug-likeness (QED) is 0.743. The van der Waals surface area contributed by atoms with E-state index in [0.29, 0.717) is 5.56 Å². The van der Waals surface area contributed by atoms with Gasteiger partial charge >= 0.3 is 0 Å². The molecule has 2 aromatic carbocycles. The Kier molecular flexibility index (Phi) is 4.61. The minimum Gasteiger partial charge on any atom is -0.491 e. The SMILES string of the molecule is CC(C)Oc1ccc(C(=O)Nc2ccc(-c3ccn[nH]3)cc2)cc1. The molecule has 24 heavy (non-hydrogen) atoms. The smallest absolute Gasteiger partial charge is 0.255 e. The molecule has 3 aromatic rings. The lowest BCUT2D eigenvalue weighted by molar-refractivity contribution is 0.102. The second kappa shape index (κ2) is 7.00. The highest BCUT2D eigenvalue weighted by Gasteiger charge is 2.07. The Morgan fingerprint density at radius 3 is 2.33 bits per heavy atom. The van der Waals surface area contributed by atoms with Crippen molar-refractivity contribution in [1.29, 1.82) is 0 Å². The van der Waals surface area contributed by atoms with Crippen molar-refractivity contribution in [2.24, 2.45) is 0 Å². The van der Waals surface area contributed by atoms with E-state index in [1.54, 1.807) is 30.5 Å². The monoisotopic (exact) mass is 321 g/mol. The molecule has 0 saturated heterocycles. The van der Waals surface area contributed by atoms with Gasteiger partial charge in [-0.25, -0.2) is 0 Å². The van der Waals surface area contributed by atoms with Crippen LogP contribution in [0.1, 0.15) is 24.2 Å². The summed E-state index contributed by atoms with van der Waals surface area (Å²) in [5.74, 6) is 0.603. The Bertz CT molecular complexity index is 792. The number of aromatic nitrogens is 2. The van der Waals surface area contributed by atoms with Crippen molar-refractivity contribution >= 4 is 11.6 Å². The molecule has 5 heteroatoms. The molecule has 0 aliphatic carbocycles. The molecular formula is C19H19N3O2. The van der Waals surface area contributed by atoms with Crippen LogP contribution < -0.4 is 10.1 Å². The summed E-state index contributed by atoms with van der Waals surface area (Å²) in [6, 6.07) is 16.6. The van der Waals surface area contributed by atoms with Crippen molar-refractivity contribution in [3.8, 4) is 17.0 Å². The molecule has 0 fully saturated rings. The summed E-state index contributed by atoms with van der Waals surface area (Å²) in [5, 5.41) is 9.72. The molecule has 5 nitrogen and oxygen atoms in total. The van der Waals surface area contributed by atoms with Gasteiger partial charge in [0.1, 0.15) is 5.75 Å². The van der Waals surface area contributed by atoms with Crippen molar-refractivity contribution in [1.82, 2.24) is 10.2 Å². The van der Waals surface area contributed by atoms with Crippen LogP contribution in [-0.4, -0.2) is 22.2 Å². The van der Waals surface area contributed by atoms with Crippen molar-refractivity contribution in [3.05, 3.63) is 66.4 Å². The van der Waals surface area contributed by atoms with Gasteiger partial charge in [-0.3, -0.25) is 9.89 Å². The highest BCUT2D eigenvalue weighted by Crippen LogP contribution is 2.20. The summed E-state index contributed by atoms with van der Waals surface area (Å²) in [7, 11) is 0. The summed E-state index contributed by atoms with van der Waals surface area (Å²) in [6.45, 7) is 3.93. The molecule has 0 bridgehead atoms. The lowest BCUT2D eigenvalue weighted by atomic mass is 10.1. The van der Waals surface area contributed by atoms with Gasteiger partial charge in [-0.2, -0.15) is 5.10 Å². The Balaban J connectivity index is 1.66. The van der Waals surface area contributed by atoms with Gasteiger partial charge in [0.15, 0.2) is 0 Å². The lowest BCUT2D eigenvalue weighted by Crippen LogP contribution is -2.12. The number of benzene rings is 2. The van der Waals surface area contributed by atoms with Gasteiger partial charge in [-0.15, -0.1) is 0 Å². The van der Waals surface area contributed by atoms with Crippen LogP contribution in [0.3, 0.4) is 0 Å². The summed E-state index contributed by atoms with van der Waals surface area (Å²) < 4.78 is 5.58. The number of rotatable bonds is 5. The maximum atomic E-state index is 12.3. The molecule has 0 saturated carbocycles. The van der Waals surface area contributed by atoms with Crippen LogP contribution in [0, 0.1) is 0 Å². The first-order valence-corrected chi connectivity index (χ1v) is 7.80. The van der Waals surface area contributed by atoms with E-state index < -0.39 is 0 Å². The third-order valence-electron chi connectivity index (χ3n) is 3.44. The lowest BCUT2D eigenvalue weighted by Gasteiger charge is -2.10. The van der Waals surface area contributed by atoms with Crippen LogP contribution in [0.25, 0.3) is 11.3 Å². The van der Waals surface area contributed by atoms with Gasteiger partial charge in [0.25, 0.3) is 5.91 Å². The second-order valence-corrected chi connectivity index (χ2v) is 5.69. The predicted molar refractivity (Wildman–Crippen MR) is 94.2 cm³/mol. The van der Waals surface area contributed by atoms with Crippen LogP contribution >= 0.6 is 0 Å². The van der Waals surface area contributed by atoms with Crippen molar-refractivity contribution in [2.75, 3.05) is 5.32 Å². The van der Waals surface area contributed by atoms with E-state index in [1.165, 1.54) is 0 Å². The number of anilines is 1. The zero-order valence-corrected chi connectivity index (χ0v) is 13.6. The largest absolute Gasteiger partial charge is 0.491 e. The fourth-order valence-electron chi connectivity index (χ4n) is 2.31. The normalized spacial score (nSPS) is 10.6. The molecule has 0 spiro atoms. The topological polar surface area (TPSA) is 67.0 Å². The van der Waals surface area contributed by atoms with Gasteiger partial charge in [0.2, 0.25) is 0 Å². The predicted octanol–water partition coefficient (Wildman–Crippen LogP) is 4.12. The molecule has 0 unspecified atom stereocenters. The van der Waals surface area contributed by atoms with Crippen LogP contribution in [-0.2, 0) is 0 Å². The number of nitrogens with one attached hydrogen (secondary N) is 2. The minimum atomic E-state index is -0.152. The number of ether oxygens (including phenoxy) is 1. The number of aromatic amines is 1. The van der Waals surface area contributed by atoms with Crippen LogP contribution in [0.5, 0.6) is 5.75 Å². The number of hydrogen-bond acceptors (Lipinski definition) is 3. The Morgan fingerprint density at radius 2 is 1.75 bits per heavy atom. The van der Waals surface area contributed by atoms with Gasteiger partial charge in [0.05, 0.1) is 11.8 Å². The number of amides is 1. The summed E-state index contributed by atoms with van der Waals surface area (Å²) in [5.41, 5.74) is 3.28. The Morgan fingerprint density at radius 1 is 1.04 bits per heavy atom. The first-order chi connectivity index (χ1) is 11.6. The van der Waals surface area contributed by atoms with Crippen molar-refractivity contribution in [2.45, 2.75) is 20.0 Å². The standard InChI is InChI=1S/C19H19N3O2/c1-13(2)24-17-9-5-15(6-10-17)19(23)21-16-7-3-14(4-8-16)18-11-12-20-22-18/h3-13H,1-2H3,(H,20,22)(H,21,23). The van der Waals surface area contributed by atoms with Gasteiger partial charge in [0, 0.05) is 17.4 Å². The third kappa shape index (κ3) is 3.81. The average Bonchev–Trinajstić information content (AvgIpc) is 3.10. The van der Waals surface area contributed by atoms with E-state index in [2.05, 4.69) is 15.5 Å². The fraction of sp³-hybridized carbons (Fsp3) is 0.158. The highest BCUT2D eigenvalue weighted by molar-refractivity contribution is 6.04. The number of nitrogens with zero attached hydrogens (tertiary/aromatic N) is 1. The number of carbonyl (C=O) groups excluding carboxylic acids is 1. The van der Waals surface area contributed by atoms with Crippen LogP contribution in [0.2, 0.25) is 0 Å². The number of hydrogen-bond donors (Lipinski definition) is 2. The van der Waals surface area contributed by atoms with E-state index in [9.17, 15) is 4.79 Å². The average molecular weight is 321 g/mol. The number of H-pyrrole nitrogens is 1. The highest BCUT2D eigenvalue weighted by atomic mass is 16.5. The van der Waals surface area contributed by atoms with E-state index >= 15 is 0 Å². The molecule has 1 amide bonds. The van der Waals surface area contributed by atoms with Gasteiger partial charge in [-0.05, 0) is 61.9 Å². The van der Waals surface area contributed by atoms with Crippen molar-refractivity contribution in [3.63, 3.8) is 0 Å². The number of carbonyl (C=O) groups is 1. The van der Waals surface area contributed by atoms with Crippen LogP contribution in [0.4, 0.5) is 5.69 Å². The van der Waals surface area contributed by atoms with Gasteiger partial charge < -0.3 is 10.1 Å². The molecule has 0 aliphatic heterocycles. The van der Waals surface area contributed by atoms with Gasteiger partial charge in [-0.1, -0.05) is 12.1 Å². The zero-order valence-electron chi connectivity index (χ0n) is 13.6. The molecule has 0 aliphatic rings. The summed E-state index contributed by atoms with van der Waals surface area (Å²) >= 11 is 0. The molecule has 0 atom stereocenters. The molecule has 2 N–H and O–H groups in total. The van der Waals surface area contributed by atoms with Crippen molar-refractivity contribution < 1.29 is 9.53 Å². The molecule has 0 radical (unpaired) electrons. The zero-order chi connectivity index (χ0) is 16.9. The van der Waals surface area contributed by atoms with E-state index in [1.807, 2.05) is 44.2 Å². The first-order valence-electron chi connectivity index (χ1n) is 7.80. The van der Waals surface area contributed by atoms with E-state index in [0.717, 1.165) is 22.7 Å². The first kappa shape index (κ1) is 15.8. The Labute approximate surface area is 140 Å². The maximum Gasteiger partial charge on any atom is 0.255 e. The van der Waals surface area contributed by atoms with Crippen LogP contribution in [0.15, 0.2) is 60.8 Å². The molecule has 1 heterocycles. The Hall–Kier alpha value is -3.08. The minimum absolute atomic E-state index is 0.109. The fourth-order valence-corrected chi connectivity index (χ4v) is 2.31. The molecule has 1 aromatic heterocycles. The summed E-state index contributed by atoms with van der Waals surface area (Å²) in [6.07, 6.45) is 1.82. The van der Waals surface area contributed by atoms with E-state index in [4.69, 9.17) is 4.74 Å². The molecular weight excluding hydrogens is 302 g/mol. The maximum absolute atomic E-state index is 12.3. The van der Waals surface area contributed by atoms with E-state index in [-0.39, 0.29) is 12.0 Å². The third-order valence-corrected chi connectivity index (χ3v) is 3.44.